The maximum Gasteiger partial charge on any atom is 0.316 e. The van der Waals surface area contributed by atoms with E-state index in [0.29, 0.717) is 11.7 Å². The van der Waals surface area contributed by atoms with E-state index in [1.54, 1.807) is 11.9 Å². The number of likely N-dealkylation sites (N-methyl/N-ethyl adjacent to an activating group) is 1. The van der Waals surface area contributed by atoms with Crippen LogP contribution in [-0.4, -0.2) is 46.2 Å². The molecular weight excluding hydrogens is 350 g/mol. The fourth-order valence-electron chi connectivity index (χ4n) is 2.31. The normalized spacial score (nSPS) is 10.5. The molecule has 1 amide bonds. The number of ether oxygens (including phenoxy) is 1. The summed E-state index contributed by atoms with van der Waals surface area (Å²) in [6.45, 7) is 5.96. The second kappa shape index (κ2) is 9.33. The van der Waals surface area contributed by atoms with E-state index >= 15 is 0 Å². The zero-order valence-electron chi connectivity index (χ0n) is 15.5. The first-order valence-corrected chi connectivity index (χ1v) is 9.23. The molecule has 26 heavy (non-hydrogen) atoms. The molecule has 1 aromatic heterocycles. The van der Waals surface area contributed by atoms with E-state index in [4.69, 9.17) is 4.74 Å². The van der Waals surface area contributed by atoms with Crippen LogP contribution < -0.4 is 0 Å². The van der Waals surface area contributed by atoms with E-state index in [1.807, 2.05) is 51.1 Å². The number of nitrogens with zero attached hydrogens (tertiary/aromatic N) is 3. The van der Waals surface area contributed by atoms with Crippen molar-refractivity contribution >= 4 is 23.6 Å². The van der Waals surface area contributed by atoms with Crippen LogP contribution in [0.25, 0.3) is 0 Å². The van der Waals surface area contributed by atoms with Crippen molar-refractivity contribution in [1.82, 2.24) is 14.9 Å². The molecule has 0 aliphatic carbocycles. The van der Waals surface area contributed by atoms with Crippen molar-refractivity contribution in [2.75, 3.05) is 19.4 Å². The molecule has 0 saturated carbocycles. The molecule has 2 rings (SSSR count). The minimum atomic E-state index is -0.463. The molecule has 0 aliphatic rings. The number of rotatable bonds is 7. The van der Waals surface area contributed by atoms with E-state index in [-0.39, 0.29) is 18.3 Å². The molecule has 0 saturated heterocycles. The first-order chi connectivity index (χ1) is 12.3. The van der Waals surface area contributed by atoms with Gasteiger partial charge in [-0.1, -0.05) is 36.0 Å². The van der Waals surface area contributed by atoms with Gasteiger partial charge in [-0.2, -0.15) is 0 Å². The monoisotopic (exact) mass is 373 g/mol. The number of benzene rings is 1. The highest BCUT2D eigenvalue weighted by molar-refractivity contribution is 7.99. The lowest BCUT2D eigenvalue weighted by molar-refractivity contribution is -0.149. The Hall–Kier alpha value is -2.41. The first kappa shape index (κ1) is 19.9. The molecule has 0 bridgehead atoms. The molecule has 7 heteroatoms. The number of thioether (sulfide) groups is 1. The highest BCUT2D eigenvalue weighted by atomic mass is 32.2. The number of esters is 1. The van der Waals surface area contributed by atoms with E-state index in [9.17, 15) is 9.59 Å². The molecule has 138 valence electrons. The number of carbonyl (C=O) groups is 2. The van der Waals surface area contributed by atoms with Crippen LogP contribution in [0.15, 0.2) is 35.5 Å². The Morgan fingerprint density at radius 2 is 1.77 bits per heavy atom. The Morgan fingerprint density at radius 3 is 2.42 bits per heavy atom. The minimum absolute atomic E-state index is 0.0671. The van der Waals surface area contributed by atoms with Gasteiger partial charge in [0, 0.05) is 25.0 Å². The van der Waals surface area contributed by atoms with Crippen LogP contribution >= 0.6 is 11.8 Å². The van der Waals surface area contributed by atoms with Crippen molar-refractivity contribution in [3.8, 4) is 0 Å². The average Bonchev–Trinajstić information content (AvgIpc) is 2.59. The van der Waals surface area contributed by atoms with Gasteiger partial charge < -0.3 is 9.64 Å². The summed E-state index contributed by atoms with van der Waals surface area (Å²) in [6, 6.07) is 9.74. The molecule has 0 N–H and O–H groups in total. The standard InChI is InChI=1S/C19H23N3O3S/c1-13-7-5-6-8-16(13)10-22(4)17(23)11-25-18(24)12-26-19-20-14(2)9-15(3)21-19/h5-9H,10-12H2,1-4H3. The molecule has 1 aromatic carbocycles. The Kier molecular flexibility index (Phi) is 7.15. The van der Waals surface area contributed by atoms with Gasteiger partial charge in [-0.15, -0.1) is 0 Å². The molecular formula is C19H23N3O3S. The number of carbonyl (C=O) groups excluding carboxylic acids is 2. The summed E-state index contributed by atoms with van der Waals surface area (Å²) >= 11 is 1.20. The van der Waals surface area contributed by atoms with Gasteiger partial charge in [0.2, 0.25) is 0 Å². The van der Waals surface area contributed by atoms with E-state index in [2.05, 4.69) is 9.97 Å². The predicted molar refractivity (Wildman–Crippen MR) is 101 cm³/mol. The molecule has 6 nitrogen and oxygen atoms in total. The smallest absolute Gasteiger partial charge is 0.316 e. The van der Waals surface area contributed by atoms with Crippen LogP contribution in [0, 0.1) is 20.8 Å². The summed E-state index contributed by atoms with van der Waals surface area (Å²) in [7, 11) is 1.70. The molecule has 1 heterocycles. The lowest BCUT2D eigenvalue weighted by Gasteiger charge is -2.18. The number of aryl methyl sites for hydroxylation is 3. The zero-order chi connectivity index (χ0) is 19.1. The van der Waals surface area contributed by atoms with Gasteiger partial charge in [0.15, 0.2) is 11.8 Å². The largest absolute Gasteiger partial charge is 0.455 e. The second-order valence-electron chi connectivity index (χ2n) is 6.06. The molecule has 0 unspecified atom stereocenters. The van der Waals surface area contributed by atoms with Crippen molar-refractivity contribution in [2.45, 2.75) is 32.5 Å². The van der Waals surface area contributed by atoms with Gasteiger partial charge in [0.25, 0.3) is 5.91 Å². The molecule has 2 aromatic rings. The van der Waals surface area contributed by atoms with Gasteiger partial charge >= 0.3 is 5.97 Å². The quantitative estimate of drug-likeness (QED) is 0.422. The van der Waals surface area contributed by atoms with Crippen molar-refractivity contribution in [3.05, 3.63) is 52.8 Å². The summed E-state index contributed by atoms with van der Waals surface area (Å²) < 4.78 is 5.07. The predicted octanol–water partition coefficient (Wildman–Crippen LogP) is 2.70. The van der Waals surface area contributed by atoms with Crippen molar-refractivity contribution in [2.24, 2.45) is 0 Å². The third-order valence-corrected chi connectivity index (χ3v) is 4.55. The average molecular weight is 373 g/mol. The van der Waals surface area contributed by atoms with Crippen LogP contribution in [0.1, 0.15) is 22.5 Å². The summed E-state index contributed by atoms with van der Waals surface area (Å²) in [5.74, 6) is -0.637. The van der Waals surface area contributed by atoms with E-state index in [1.165, 1.54) is 11.8 Å². The number of hydrogen-bond acceptors (Lipinski definition) is 6. The second-order valence-corrected chi connectivity index (χ2v) is 7.00. The fraction of sp³-hybridized carbons (Fsp3) is 0.368. The third kappa shape index (κ3) is 6.15. The summed E-state index contributed by atoms with van der Waals surface area (Å²) in [6.07, 6.45) is 0. The summed E-state index contributed by atoms with van der Waals surface area (Å²) in [5.41, 5.74) is 3.88. The van der Waals surface area contributed by atoms with Crippen LogP contribution in [0.3, 0.4) is 0 Å². The van der Waals surface area contributed by atoms with Crippen molar-refractivity contribution < 1.29 is 14.3 Å². The summed E-state index contributed by atoms with van der Waals surface area (Å²) in [5, 5.41) is 0.530. The lowest BCUT2D eigenvalue weighted by Crippen LogP contribution is -2.31. The van der Waals surface area contributed by atoms with Gasteiger partial charge in [0.1, 0.15) is 0 Å². The SMILES string of the molecule is Cc1cc(C)nc(SCC(=O)OCC(=O)N(C)Cc2ccccc2C)n1. The minimum Gasteiger partial charge on any atom is -0.455 e. The molecule has 0 spiro atoms. The molecule has 0 radical (unpaired) electrons. The zero-order valence-corrected chi connectivity index (χ0v) is 16.3. The Labute approximate surface area is 158 Å². The van der Waals surface area contributed by atoms with Gasteiger partial charge in [0.05, 0.1) is 5.75 Å². The number of hydrogen-bond donors (Lipinski definition) is 0. The highest BCUT2D eigenvalue weighted by Crippen LogP contribution is 2.14. The first-order valence-electron chi connectivity index (χ1n) is 8.24. The van der Waals surface area contributed by atoms with Crippen LogP contribution in [0.2, 0.25) is 0 Å². The molecule has 0 fully saturated rings. The van der Waals surface area contributed by atoms with E-state index < -0.39 is 5.97 Å². The van der Waals surface area contributed by atoms with Crippen LogP contribution in [0.5, 0.6) is 0 Å². The number of amides is 1. The molecule has 0 aliphatic heterocycles. The highest BCUT2D eigenvalue weighted by Gasteiger charge is 2.14. The topological polar surface area (TPSA) is 72.4 Å². The van der Waals surface area contributed by atoms with Crippen molar-refractivity contribution in [1.29, 1.82) is 0 Å². The maximum atomic E-state index is 12.1. The Balaban J connectivity index is 1.77. The number of aromatic nitrogens is 2. The van der Waals surface area contributed by atoms with Gasteiger partial charge in [-0.05, 0) is 38.0 Å². The Bertz CT molecular complexity index is 775. The van der Waals surface area contributed by atoms with Crippen LogP contribution in [-0.2, 0) is 20.9 Å². The van der Waals surface area contributed by atoms with Crippen LogP contribution in [0.4, 0.5) is 0 Å². The van der Waals surface area contributed by atoms with Gasteiger partial charge in [-0.25, -0.2) is 9.97 Å². The fourth-order valence-corrected chi connectivity index (χ4v) is 3.05. The van der Waals surface area contributed by atoms with Gasteiger partial charge in [-0.3, -0.25) is 9.59 Å². The third-order valence-electron chi connectivity index (χ3n) is 3.73. The lowest BCUT2D eigenvalue weighted by atomic mass is 10.1. The molecule has 0 atom stereocenters. The Morgan fingerprint density at radius 1 is 1.12 bits per heavy atom. The van der Waals surface area contributed by atoms with Crippen molar-refractivity contribution in [3.63, 3.8) is 0 Å². The maximum absolute atomic E-state index is 12.1. The summed E-state index contributed by atoms with van der Waals surface area (Å²) in [4.78, 5) is 34.1. The van der Waals surface area contributed by atoms with E-state index in [0.717, 1.165) is 22.5 Å².